The van der Waals surface area contributed by atoms with Gasteiger partial charge < -0.3 is 19.5 Å². The summed E-state index contributed by atoms with van der Waals surface area (Å²) in [6, 6.07) is 9.56. The van der Waals surface area contributed by atoms with Gasteiger partial charge >= 0.3 is 5.97 Å². The molecule has 186 valence electrons. The molecule has 1 fully saturated rings. The number of esters is 1. The van der Waals surface area contributed by atoms with Gasteiger partial charge in [0.05, 0.1) is 18.7 Å². The minimum absolute atomic E-state index is 0.0223. The predicted octanol–water partition coefficient (Wildman–Crippen LogP) is 5.27. The SMILES string of the molecule is CCCCN1C(=O)C(=O)/C(=C(/O)c2cc(C(C)C)c(OC)cc2C)C1c1cccc(OC(C)=O)c1. The largest absolute Gasteiger partial charge is 0.507 e. The molecule has 1 aliphatic heterocycles. The molecule has 2 aromatic rings. The fourth-order valence-electron chi connectivity index (χ4n) is 4.43. The Balaban J connectivity index is 2.25. The van der Waals surface area contributed by atoms with Gasteiger partial charge in [0.2, 0.25) is 0 Å². The smallest absolute Gasteiger partial charge is 0.308 e. The second kappa shape index (κ2) is 10.8. The van der Waals surface area contributed by atoms with Crippen molar-refractivity contribution in [3.8, 4) is 11.5 Å². The van der Waals surface area contributed by atoms with Gasteiger partial charge in [-0.05, 0) is 60.2 Å². The standard InChI is InChI=1S/C28H33NO6/c1-7-8-12-29-25(19-10-9-11-20(14-19)35-18(5)30)24(27(32)28(29)33)26(31)22-15-21(16(2)3)23(34-6)13-17(22)4/h9-11,13-16,25,31H,7-8,12H2,1-6H3/b26-24+. The van der Waals surface area contributed by atoms with Crippen LogP contribution in [0.25, 0.3) is 5.76 Å². The predicted molar refractivity (Wildman–Crippen MR) is 133 cm³/mol. The molecule has 0 saturated carbocycles. The van der Waals surface area contributed by atoms with E-state index >= 15 is 0 Å². The number of likely N-dealkylation sites (tertiary alicyclic amines) is 1. The van der Waals surface area contributed by atoms with Gasteiger partial charge in [-0.3, -0.25) is 14.4 Å². The van der Waals surface area contributed by atoms with E-state index in [4.69, 9.17) is 9.47 Å². The lowest BCUT2D eigenvalue weighted by Gasteiger charge is -2.26. The van der Waals surface area contributed by atoms with Crippen LogP contribution in [-0.2, 0) is 14.4 Å². The van der Waals surface area contributed by atoms with E-state index in [1.165, 1.54) is 11.8 Å². The number of hydrogen-bond donors (Lipinski definition) is 1. The summed E-state index contributed by atoms with van der Waals surface area (Å²) < 4.78 is 10.7. The maximum Gasteiger partial charge on any atom is 0.308 e. The Labute approximate surface area is 206 Å². The summed E-state index contributed by atoms with van der Waals surface area (Å²) in [4.78, 5) is 39.3. The molecule has 7 nitrogen and oxygen atoms in total. The Morgan fingerprint density at radius 1 is 1.17 bits per heavy atom. The number of Topliss-reactive ketones (excluding diaryl/α,β-unsaturated/α-hetero) is 1. The number of methoxy groups -OCH3 is 1. The maximum atomic E-state index is 13.3. The van der Waals surface area contributed by atoms with E-state index in [-0.39, 0.29) is 17.3 Å². The van der Waals surface area contributed by atoms with Crippen molar-refractivity contribution >= 4 is 23.4 Å². The third-order valence-corrected chi connectivity index (χ3v) is 6.18. The van der Waals surface area contributed by atoms with E-state index < -0.39 is 23.7 Å². The van der Waals surface area contributed by atoms with Crippen LogP contribution in [0.1, 0.15) is 74.8 Å². The Hall–Kier alpha value is -3.61. The lowest BCUT2D eigenvalue weighted by atomic mass is 9.91. The van der Waals surface area contributed by atoms with Crippen molar-refractivity contribution in [1.82, 2.24) is 4.90 Å². The number of rotatable bonds is 8. The third-order valence-electron chi connectivity index (χ3n) is 6.18. The van der Waals surface area contributed by atoms with Gasteiger partial charge in [0.25, 0.3) is 11.7 Å². The van der Waals surface area contributed by atoms with Crippen molar-refractivity contribution in [3.63, 3.8) is 0 Å². The Bertz CT molecular complexity index is 1180. The lowest BCUT2D eigenvalue weighted by Crippen LogP contribution is -2.30. The van der Waals surface area contributed by atoms with Crippen molar-refractivity contribution < 1.29 is 29.0 Å². The highest BCUT2D eigenvalue weighted by atomic mass is 16.5. The Morgan fingerprint density at radius 2 is 1.89 bits per heavy atom. The molecular formula is C28H33NO6. The molecule has 3 rings (SSSR count). The molecule has 2 aromatic carbocycles. The number of hydrogen-bond acceptors (Lipinski definition) is 6. The first-order valence-corrected chi connectivity index (χ1v) is 11.9. The minimum atomic E-state index is -0.805. The molecule has 1 aliphatic rings. The number of carbonyl (C=O) groups is 3. The van der Waals surface area contributed by atoms with Gasteiger partial charge in [-0.2, -0.15) is 0 Å². The van der Waals surface area contributed by atoms with E-state index in [1.54, 1.807) is 31.4 Å². The second-order valence-corrected chi connectivity index (χ2v) is 9.08. The van der Waals surface area contributed by atoms with Crippen LogP contribution in [0.3, 0.4) is 0 Å². The Kier molecular flexibility index (Phi) is 7.99. The number of unbranched alkanes of at least 4 members (excludes halogenated alkanes) is 1. The summed E-state index contributed by atoms with van der Waals surface area (Å²) in [6.45, 7) is 9.52. The normalized spacial score (nSPS) is 17.2. The van der Waals surface area contributed by atoms with E-state index in [0.717, 1.165) is 17.5 Å². The van der Waals surface area contributed by atoms with Crippen molar-refractivity contribution in [2.75, 3.05) is 13.7 Å². The average Bonchev–Trinajstić information content (AvgIpc) is 3.06. The Morgan fingerprint density at radius 3 is 2.49 bits per heavy atom. The zero-order valence-electron chi connectivity index (χ0n) is 21.2. The number of aliphatic hydroxyl groups is 1. The van der Waals surface area contributed by atoms with Crippen LogP contribution in [0.4, 0.5) is 0 Å². The molecule has 1 unspecified atom stereocenters. The number of carbonyl (C=O) groups excluding carboxylic acids is 3. The number of benzene rings is 2. The lowest BCUT2D eigenvalue weighted by molar-refractivity contribution is -0.139. The van der Waals surface area contributed by atoms with Gasteiger partial charge in [-0.15, -0.1) is 0 Å². The number of ketones is 1. The molecule has 1 saturated heterocycles. The molecule has 1 heterocycles. The highest BCUT2D eigenvalue weighted by molar-refractivity contribution is 6.46. The first-order valence-electron chi connectivity index (χ1n) is 11.9. The number of aryl methyl sites for hydroxylation is 1. The first kappa shape index (κ1) is 26.0. The average molecular weight is 480 g/mol. The number of aliphatic hydroxyl groups excluding tert-OH is 1. The molecule has 1 atom stereocenters. The van der Waals surface area contributed by atoms with Crippen LogP contribution in [0, 0.1) is 6.92 Å². The first-order chi connectivity index (χ1) is 16.6. The summed E-state index contributed by atoms with van der Waals surface area (Å²) in [5.74, 6) is -0.979. The molecule has 1 N–H and O–H groups in total. The highest BCUT2D eigenvalue weighted by Gasteiger charge is 2.46. The minimum Gasteiger partial charge on any atom is -0.507 e. The number of nitrogens with zero attached hydrogens (tertiary/aromatic N) is 1. The molecule has 0 spiro atoms. The van der Waals surface area contributed by atoms with Crippen LogP contribution in [0.5, 0.6) is 11.5 Å². The summed E-state index contributed by atoms with van der Waals surface area (Å²) in [7, 11) is 1.59. The van der Waals surface area contributed by atoms with Crippen molar-refractivity contribution in [3.05, 3.63) is 64.2 Å². The van der Waals surface area contributed by atoms with Crippen LogP contribution in [-0.4, -0.2) is 41.3 Å². The monoisotopic (exact) mass is 479 g/mol. The molecule has 7 heteroatoms. The van der Waals surface area contributed by atoms with E-state index in [1.807, 2.05) is 39.8 Å². The van der Waals surface area contributed by atoms with Gasteiger partial charge in [-0.25, -0.2) is 0 Å². The van der Waals surface area contributed by atoms with Crippen molar-refractivity contribution in [2.24, 2.45) is 0 Å². The maximum absolute atomic E-state index is 13.3. The van der Waals surface area contributed by atoms with Crippen LogP contribution < -0.4 is 9.47 Å². The van der Waals surface area contributed by atoms with Gasteiger partial charge in [0.1, 0.15) is 17.3 Å². The molecule has 1 amide bonds. The van der Waals surface area contributed by atoms with Gasteiger partial charge in [-0.1, -0.05) is 39.3 Å². The molecular weight excluding hydrogens is 446 g/mol. The topological polar surface area (TPSA) is 93.1 Å². The zero-order valence-corrected chi connectivity index (χ0v) is 21.2. The fourth-order valence-corrected chi connectivity index (χ4v) is 4.43. The van der Waals surface area contributed by atoms with Gasteiger partial charge in [0.15, 0.2) is 0 Å². The number of amides is 1. The highest BCUT2D eigenvalue weighted by Crippen LogP contribution is 2.42. The van der Waals surface area contributed by atoms with Crippen LogP contribution in [0.2, 0.25) is 0 Å². The molecule has 35 heavy (non-hydrogen) atoms. The number of ether oxygens (including phenoxy) is 2. The van der Waals surface area contributed by atoms with E-state index in [2.05, 4.69) is 0 Å². The summed E-state index contributed by atoms with van der Waals surface area (Å²) in [5, 5.41) is 11.5. The zero-order chi connectivity index (χ0) is 25.9. The second-order valence-electron chi connectivity index (χ2n) is 9.08. The molecule has 0 radical (unpaired) electrons. The molecule has 0 aromatic heterocycles. The van der Waals surface area contributed by atoms with Gasteiger partial charge in [0, 0.05) is 19.0 Å². The molecule has 0 aliphatic carbocycles. The summed E-state index contributed by atoms with van der Waals surface area (Å²) >= 11 is 0. The van der Waals surface area contributed by atoms with Crippen molar-refractivity contribution in [2.45, 2.75) is 59.4 Å². The fraction of sp³-hybridized carbons (Fsp3) is 0.393. The van der Waals surface area contributed by atoms with Crippen molar-refractivity contribution in [1.29, 1.82) is 0 Å². The summed E-state index contributed by atoms with van der Waals surface area (Å²) in [5.41, 5.74) is 2.68. The molecule has 0 bridgehead atoms. The van der Waals surface area contributed by atoms with Crippen LogP contribution >= 0.6 is 0 Å². The van der Waals surface area contributed by atoms with E-state index in [0.29, 0.717) is 35.6 Å². The quantitative estimate of drug-likeness (QED) is 0.182. The summed E-state index contributed by atoms with van der Waals surface area (Å²) in [6.07, 6.45) is 1.53. The van der Waals surface area contributed by atoms with E-state index in [9.17, 15) is 19.5 Å². The van der Waals surface area contributed by atoms with Crippen LogP contribution in [0.15, 0.2) is 42.0 Å². The third kappa shape index (κ3) is 5.24.